The molecule has 1 aromatic carbocycles. The molecule has 0 radical (unpaired) electrons. The summed E-state index contributed by atoms with van der Waals surface area (Å²) in [4.78, 5) is 16.4. The van der Waals surface area contributed by atoms with Gasteiger partial charge in [0.1, 0.15) is 12.4 Å². The number of rotatable bonds is 5. The summed E-state index contributed by atoms with van der Waals surface area (Å²) in [5.74, 6) is -0.683. The third kappa shape index (κ3) is 4.71. The summed E-state index contributed by atoms with van der Waals surface area (Å²) in [5.41, 5.74) is -0.496. The minimum absolute atomic E-state index is 0.0162. The summed E-state index contributed by atoms with van der Waals surface area (Å²) < 4.78 is 41.3. The maximum absolute atomic E-state index is 13.0. The largest absolute Gasteiger partial charge is 0.436 e. The lowest BCUT2D eigenvalue weighted by Crippen LogP contribution is -2.26. The number of halogens is 6. The summed E-state index contributed by atoms with van der Waals surface area (Å²) >= 11 is 17.7. The molecule has 2 heterocycles. The molecule has 0 aliphatic heterocycles. The molecule has 0 aliphatic carbocycles. The Morgan fingerprint density at radius 1 is 1.23 bits per heavy atom. The van der Waals surface area contributed by atoms with Gasteiger partial charge in [-0.3, -0.25) is 14.8 Å². The number of aromatic nitrogens is 5. The van der Waals surface area contributed by atoms with Gasteiger partial charge in [0.25, 0.3) is 5.91 Å². The van der Waals surface area contributed by atoms with Crippen molar-refractivity contribution in [1.82, 2.24) is 24.5 Å². The molecule has 7 nitrogen and oxygen atoms in total. The van der Waals surface area contributed by atoms with Crippen molar-refractivity contribution in [3.8, 4) is 0 Å². The van der Waals surface area contributed by atoms with Crippen LogP contribution in [0.25, 0.3) is 0 Å². The van der Waals surface area contributed by atoms with Gasteiger partial charge >= 0.3 is 6.18 Å². The molecule has 3 aromatic rings. The quantitative estimate of drug-likeness (QED) is 0.556. The normalized spacial score (nSPS) is 12.8. The smallest absolute Gasteiger partial charge is 0.291 e. The molecule has 0 saturated heterocycles. The van der Waals surface area contributed by atoms with Crippen LogP contribution in [0.15, 0.2) is 24.5 Å². The van der Waals surface area contributed by atoms with Crippen LogP contribution in [-0.2, 0) is 17.5 Å². The zero-order chi connectivity index (χ0) is 22.2. The van der Waals surface area contributed by atoms with Gasteiger partial charge in [0, 0.05) is 10.0 Å². The highest BCUT2D eigenvalue weighted by molar-refractivity contribution is 6.35. The summed E-state index contributed by atoms with van der Waals surface area (Å²) in [6, 6.07) is 3.91. The first-order valence-electron chi connectivity index (χ1n) is 8.43. The predicted octanol–water partition coefficient (Wildman–Crippen LogP) is 5.01. The highest BCUT2D eigenvalue weighted by Crippen LogP contribution is 2.36. The third-order valence-electron chi connectivity index (χ3n) is 4.21. The van der Waals surface area contributed by atoms with Crippen LogP contribution in [0.5, 0.6) is 0 Å². The average Bonchev–Trinajstić information content (AvgIpc) is 3.21. The molecular formula is C17H14Cl3F3N6O. The molecule has 0 bridgehead atoms. The van der Waals surface area contributed by atoms with Gasteiger partial charge in [0.05, 0.1) is 17.3 Å². The van der Waals surface area contributed by atoms with E-state index in [2.05, 4.69) is 20.5 Å². The highest BCUT2D eigenvalue weighted by Gasteiger charge is 2.39. The Morgan fingerprint density at radius 2 is 1.93 bits per heavy atom. The summed E-state index contributed by atoms with van der Waals surface area (Å²) in [6.45, 7) is 3.00. The fourth-order valence-corrected chi connectivity index (χ4v) is 3.33. The Hall–Kier alpha value is -2.30. The molecule has 0 saturated carbocycles. The van der Waals surface area contributed by atoms with E-state index in [0.717, 1.165) is 10.2 Å². The van der Waals surface area contributed by atoms with E-state index in [0.29, 0.717) is 10.0 Å². The number of benzene rings is 1. The number of alkyl halides is 3. The van der Waals surface area contributed by atoms with Gasteiger partial charge in [0.15, 0.2) is 5.69 Å². The van der Waals surface area contributed by atoms with Crippen LogP contribution in [0.4, 0.5) is 19.1 Å². The standard InChI is InChI=1S/C17H14Cl3F3N6O/c1-8-13(20)14(17(21,22)23)26-29(8)9(2)15(30)25-16-24-7-28(27-16)6-10-3-4-11(18)5-12(10)19/h3-5,7,9H,6H2,1-2H3,(H,25,27,30). The van der Waals surface area contributed by atoms with E-state index in [1.54, 1.807) is 18.2 Å². The van der Waals surface area contributed by atoms with Crippen LogP contribution in [-0.4, -0.2) is 30.5 Å². The molecule has 1 amide bonds. The number of carbonyl (C=O) groups excluding carboxylic acids is 1. The van der Waals surface area contributed by atoms with Crippen molar-refractivity contribution < 1.29 is 18.0 Å². The molecule has 1 unspecified atom stereocenters. The zero-order valence-electron chi connectivity index (χ0n) is 15.5. The van der Waals surface area contributed by atoms with Crippen LogP contribution in [0.3, 0.4) is 0 Å². The second kappa shape index (κ2) is 8.44. The molecule has 0 aliphatic rings. The number of carbonyl (C=O) groups is 1. The van der Waals surface area contributed by atoms with E-state index in [1.165, 1.54) is 24.9 Å². The number of hydrogen-bond acceptors (Lipinski definition) is 4. The van der Waals surface area contributed by atoms with E-state index >= 15 is 0 Å². The van der Waals surface area contributed by atoms with Gasteiger partial charge in [-0.25, -0.2) is 9.67 Å². The van der Waals surface area contributed by atoms with Crippen LogP contribution >= 0.6 is 34.8 Å². The maximum Gasteiger partial charge on any atom is 0.436 e. The Balaban J connectivity index is 1.72. The molecule has 0 spiro atoms. The van der Waals surface area contributed by atoms with Gasteiger partial charge in [-0.1, -0.05) is 40.9 Å². The lowest BCUT2D eigenvalue weighted by molar-refractivity contribution is -0.141. The van der Waals surface area contributed by atoms with Gasteiger partial charge < -0.3 is 0 Å². The van der Waals surface area contributed by atoms with Gasteiger partial charge in [-0.05, 0) is 31.5 Å². The van der Waals surface area contributed by atoms with Gasteiger partial charge in [-0.15, -0.1) is 5.10 Å². The van der Waals surface area contributed by atoms with Crippen LogP contribution in [0.2, 0.25) is 15.1 Å². The first kappa shape index (κ1) is 22.4. The molecule has 1 N–H and O–H groups in total. The summed E-state index contributed by atoms with van der Waals surface area (Å²) in [6.07, 6.45) is -3.35. The van der Waals surface area contributed by atoms with E-state index in [4.69, 9.17) is 34.8 Å². The molecule has 0 fully saturated rings. The monoisotopic (exact) mass is 480 g/mol. The SMILES string of the molecule is Cc1c(Cl)c(C(F)(F)F)nn1C(C)C(=O)Nc1ncn(Cc2ccc(Cl)cc2Cl)n1. The van der Waals surface area contributed by atoms with Crippen molar-refractivity contribution >= 4 is 46.7 Å². The molecule has 160 valence electrons. The molecule has 2 aromatic heterocycles. The first-order valence-corrected chi connectivity index (χ1v) is 9.56. The summed E-state index contributed by atoms with van der Waals surface area (Å²) in [7, 11) is 0. The molecule has 13 heteroatoms. The minimum atomic E-state index is -4.73. The van der Waals surface area contributed by atoms with Crippen molar-refractivity contribution in [2.24, 2.45) is 0 Å². The van der Waals surface area contributed by atoms with E-state index in [9.17, 15) is 18.0 Å². The average molecular weight is 482 g/mol. The fraction of sp³-hybridized carbons (Fsp3) is 0.294. The topological polar surface area (TPSA) is 77.6 Å². The van der Waals surface area contributed by atoms with Crippen molar-refractivity contribution in [1.29, 1.82) is 0 Å². The molecular weight excluding hydrogens is 468 g/mol. The van der Waals surface area contributed by atoms with Crippen molar-refractivity contribution in [3.05, 3.63) is 56.5 Å². The molecule has 30 heavy (non-hydrogen) atoms. The first-order chi connectivity index (χ1) is 14.0. The van der Waals surface area contributed by atoms with Gasteiger partial charge in [-0.2, -0.15) is 18.3 Å². The van der Waals surface area contributed by atoms with Crippen molar-refractivity contribution in [2.75, 3.05) is 5.32 Å². The Labute approximate surface area is 183 Å². The van der Waals surface area contributed by atoms with Gasteiger partial charge in [0.2, 0.25) is 5.95 Å². The van der Waals surface area contributed by atoms with Crippen molar-refractivity contribution in [2.45, 2.75) is 32.6 Å². The summed E-state index contributed by atoms with van der Waals surface area (Å²) in [5, 5.41) is 10.4. The predicted molar refractivity (Wildman–Crippen MR) is 106 cm³/mol. The van der Waals surface area contributed by atoms with E-state index in [-0.39, 0.29) is 18.2 Å². The highest BCUT2D eigenvalue weighted by atomic mass is 35.5. The van der Waals surface area contributed by atoms with Crippen LogP contribution in [0.1, 0.15) is 29.9 Å². The minimum Gasteiger partial charge on any atom is -0.291 e. The number of amides is 1. The number of anilines is 1. The van der Waals surface area contributed by atoms with E-state index < -0.39 is 28.8 Å². The van der Waals surface area contributed by atoms with Crippen LogP contribution in [0, 0.1) is 6.92 Å². The molecule has 3 rings (SSSR count). The lowest BCUT2D eigenvalue weighted by atomic mass is 10.2. The maximum atomic E-state index is 13.0. The van der Waals surface area contributed by atoms with Crippen LogP contribution < -0.4 is 5.32 Å². The lowest BCUT2D eigenvalue weighted by Gasteiger charge is -2.13. The third-order valence-corrected chi connectivity index (χ3v) is 5.25. The second-order valence-corrected chi connectivity index (χ2v) is 7.58. The fourth-order valence-electron chi connectivity index (χ4n) is 2.64. The number of nitrogens with one attached hydrogen (secondary N) is 1. The second-order valence-electron chi connectivity index (χ2n) is 6.36. The van der Waals surface area contributed by atoms with Crippen molar-refractivity contribution in [3.63, 3.8) is 0 Å². The Bertz CT molecular complexity index is 1100. The number of hydrogen-bond donors (Lipinski definition) is 1. The Kier molecular flexibility index (Phi) is 6.30. The Morgan fingerprint density at radius 3 is 2.53 bits per heavy atom. The molecule has 1 atom stereocenters. The zero-order valence-corrected chi connectivity index (χ0v) is 17.8. The number of nitrogens with zero attached hydrogens (tertiary/aromatic N) is 5. The van der Waals surface area contributed by atoms with E-state index in [1.807, 2.05) is 0 Å².